The van der Waals surface area contributed by atoms with Gasteiger partial charge in [-0.05, 0) is 50.0 Å². The zero-order valence-electron chi connectivity index (χ0n) is 12.8. The SMILES string of the molecule is CCCN(C1CCNCC1)S(=O)(=O)Cc1cccc(F)c1.Cl. The molecule has 1 heterocycles. The molecule has 1 saturated heterocycles. The molecule has 1 fully saturated rings. The van der Waals surface area contributed by atoms with Gasteiger partial charge >= 0.3 is 0 Å². The summed E-state index contributed by atoms with van der Waals surface area (Å²) < 4.78 is 40.2. The van der Waals surface area contributed by atoms with E-state index >= 15 is 0 Å². The highest BCUT2D eigenvalue weighted by molar-refractivity contribution is 7.88. The minimum Gasteiger partial charge on any atom is -0.317 e. The second-order valence-electron chi connectivity index (χ2n) is 5.48. The van der Waals surface area contributed by atoms with E-state index in [1.54, 1.807) is 16.4 Å². The quantitative estimate of drug-likeness (QED) is 0.857. The van der Waals surface area contributed by atoms with Crippen LogP contribution in [-0.4, -0.2) is 38.4 Å². The molecule has 0 bridgehead atoms. The second-order valence-corrected chi connectivity index (χ2v) is 7.40. The van der Waals surface area contributed by atoms with Crippen molar-refractivity contribution in [3.8, 4) is 0 Å². The summed E-state index contributed by atoms with van der Waals surface area (Å²) in [5.41, 5.74) is 0.505. The average Bonchev–Trinajstić information content (AvgIpc) is 2.45. The van der Waals surface area contributed by atoms with Crippen molar-refractivity contribution in [2.75, 3.05) is 19.6 Å². The average molecular weight is 351 g/mol. The van der Waals surface area contributed by atoms with E-state index < -0.39 is 15.8 Å². The Labute approximate surface area is 138 Å². The third-order valence-electron chi connectivity index (χ3n) is 3.76. The van der Waals surface area contributed by atoms with Crippen molar-refractivity contribution >= 4 is 22.4 Å². The van der Waals surface area contributed by atoms with Gasteiger partial charge in [-0.3, -0.25) is 0 Å². The van der Waals surface area contributed by atoms with E-state index in [1.165, 1.54) is 12.1 Å². The maximum Gasteiger partial charge on any atom is 0.218 e. The Bertz CT molecular complexity index is 562. The monoisotopic (exact) mass is 350 g/mol. The largest absolute Gasteiger partial charge is 0.317 e. The summed E-state index contributed by atoms with van der Waals surface area (Å²) in [5.74, 6) is -0.527. The van der Waals surface area contributed by atoms with Gasteiger partial charge in [0.05, 0.1) is 5.75 Å². The molecule has 1 aromatic rings. The molecule has 0 atom stereocenters. The highest BCUT2D eigenvalue weighted by atomic mass is 35.5. The molecule has 0 radical (unpaired) electrons. The van der Waals surface area contributed by atoms with Crippen LogP contribution in [0.4, 0.5) is 4.39 Å². The number of nitrogens with zero attached hydrogens (tertiary/aromatic N) is 1. The van der Waals surface area contributed by atoms with Crippen LogP contribution in [-0.2, 0) is 15.8 Å². The third-order valence-corrected chi connectivity index (χ3v) is 5.65. The minimum absolute atomic E-state index is 0. The molecule has 7 heteroatoms. The van der Waals surface area contributed by atoms with Crippen molar-refractivity contribution in [1.82, 2.24) is 9.62 Å². The van der Waals surface area contributed by atoms with E-state index in [0.29, 0.717) is 12.1 Å². The van der Waals surface area contributed by atoms with Crippen molar-refractivity contribution in [3.63, 3.8) is 0 Å². The molecule has 1 aliphatic rings. The normalized spacial score (nSPS) is 16.5. The van der Waals surface area contributed by atoms with Crippen LogP contribution >= 0.6 is 12.4 Å². The molecular formula is C15H24ClFN2O2S. The minimum atomic E-state index is -3.42. The molecule has 0 amide bonds. The molecule has 4 nitrogen and oxygen atoms in total. The van der Waals surface area contributed by atoms with Crippen LogP contribution in [0.15, 0.2) is 24.3 Å². The molecule has 1 aromatic carbocycles. The van der Waals surface area contributed by atoms with Gasteiger partial charge < -0.3 is 5.32 Å². The summed E-state index contributed by atoms with van der Waals surface area (Å²) in [7, 11) is -3.42. The Morgan fingerprint density at radius 1 is 1.32 bits per heavy atom. The van der Waals surface area contributed by atoms with Crippen LogP contribution in [0.2, 0.25) is 0 Å². The standard InChI is InChI=1S/C15H23FN2O2S.ClH/c1-2-10-18(15-6-8-17-9-7-15)21(19,20)12-13-4-3-5-14(16)11-13;/h3-5,11,15,17H,2,6-10,12H2,1H3;1H. The van der Waals surface area contributed by atoms with Gasteiger partial charge in [0.25, 0.3) is 0 Å². The molecule has 0 aromatic heterocycles. The van der Waals surface area contributed by atoms with Crippen LogP contribution in [0.3, 0.4) is 0 Å². The second kappa shape index (κ2) is 8.82. The van der Waals surface area contributed by atoms with Crippen molar-refractivity contribution in [3.05, 3.63) is 35.6 Å². The fourth-order valence-corrected chi connectivity index (χ4v) is 4.68. The van der Waals surface area contributed by atoms with E-state index in [9.17, 15) is 12.8 Å². The molecule has 0 unspecified atom stereocenters. The molecule has 1 N–H and O–H groups in total. The highest BCUT2D eigenvalue weighted by Crippen LogP contribution is 2.20. The lowest BCUT2D eigenvalue weighted by molar-refractivity contribution is 0.262. The summed E-state index contributed by atoms with van der Waals surface area (Å²) in [6.45, 7) is 4.20. The Morgan fingerprint density at radius 2 is 2.00 bits per heavy atom. The van der Waals surface area contributed by atoms with Crippen LogP contribution in [0.1, 0.15) is 31.7 Å². The van der Waals surface area contributed by atoms with Gasteiger partial charge in [0.15, 0.2) is 0 Å². The van der Waals surface area contributed by atoms with E-state index in [-0.39, 0.29) is 24.2 Å². The van der Waals surface area contributed by atoms with Crippen LogP contribution in [0, 0.1) is 5.82 Å². The Morgan fingerprint density at radius 3 is 2.59 bits per heavy atom. The van der Waals surface area contributed by atoms with Gasteiger partial charge in [-0.1, -0.05) is 19.1 Å². The zero-order chi connectivity index (χ0) is 15.3. The molecule has 2 rings (SSSR count). The molecule has 1 aliphatic heterocycles. The maximum absolute atomic E-state index is 13.2. The smallest absolute Gasteiger partial charge is 0.218 e. The van der Waals surface area contributed by atoms with Crippen molar-refractivity contribution < 1.29 is 12.8 Å². The van der Waals surface area contributed by atoms with Crippen molar-refractivity contribution in [1.29, 1.82) is 0 Å². The number of halogens is 2. The lowest BCUT2D eigenvalue weighted by atomic mass is 10.1. The number of rotatable bonds is 6. The number of hydrogen-bond acceptors (Lipinski definition) is 3. The van der Waals surface area contributed by atoms with Gasteiger partial charge in [0.1, 0.15) is 5.82 Å². The predicted octanol–water partition coefficient (Wildman–Crippen LogP) is 2.54. The molecule has 0 aliphatic carbocycles. The lowest BCUT2D eigenvalue weighted by Gasteiger charge is -2.33. The topological polar surface area (TPSA) is 49.4 Å². The third kappa shape index (κ3) is 5.19. The first-order chi connectivity index (χ1) is 10.0. The molecule has 0 saturated carbocycles. The fraction of sp³-hybridized carbons (Fsp3) is 0.600. The van der Waals surface area contributed by atoms with Gasteiger partial charge in [-0.15, -0.1) is 12.4 Å². The first-order valence-electron chi connectivity index (χ1n) is 7.47. The molecule has 0 spiro atoms. The summed E-state index contributed by atoms with van der Waals surface area (Å²) in [6.07, 6.45) is 2.46. The number of sulfonamides is 1. The fourth-order valence-electron chi connectivity index (χ4n) is 2.78. The van der Waals surface area contributed by atoms with Gasteiger partial charge in [0.2, 0.25) is 10.0 Å². The van der Waals surface area contributed by atoms with Crippen molar-refractivity contribution in [2.24, 2.45) is 0 Å². The maximum atomic E-state index is 13.2. The summed E-state index contributed by atoms with van der Waals surface area (Å²) in [6, 6.07) is 5.89. The summed E-state index contributed by atoms with van der Waals surface area (Å²) in [5, 5.41) is 3.25. The molecule has 22 heavy (non-hydrogen) atoms. The Balaban J connectivity index is 0.00000242. The predicted molar refractivity (Wildman–Crippen MR) is 89.2 cm³/mol. The van der Waals surface area contributed by atoms with Crippen LogP contribution < -0.4 is 5.32 Å². The Hall–Kier alpha value is -0.690. The number of nitrogens with one attached hydrogen (secondary N) is 1. The number of hydrogen-bond donors (Lipinski definition) is 1. The van der Waals surface area contributed by atoms with E-state index in [1.807, 2.05) is 6.92 Å². The van der Waals surface area contributed by atoms with E-state index in [4.69, 9.17) is 0 Å². The summed E-state index contributed by atoms with van der Waals surface area (Å²) in [4.78, 5) is 0. The van der Waals surface area contributed by atoms with E-state index in [0.717, 1.165) is 32.4 Å². The lowest BCUT2D eigenvalue weighted by Crippen LogP contribution is -2.46. The number of piperidine rings is 1. The van der Waals surface area contributed by atoms with Gasteiger partial charge in [-0.2, -0.15) is 4.31 Å². The zero-order valence-corrected chi connectivity index (χ0v) is 14.4. The molecule has 126 valence electrons. The van der Waals surface area contributed by atoms with Gasteiger partial charge in [-0.25, -0.2) is 12.8 Å². The molecular weight excluding hydrogens is 327 g/mol. The Kier molecular flexibility index (Phi) is 7.76. The van der Waals surface area contributed by atoms with Crippen LogP contribution in [0.5, 0.6) is 0 Å². The van der Waals surface area contributed by atoms with Gasteiger partial charge in [0, 0.05) is 12.6 Å². The highest BCUT2D eigenvalue weighted by Gasteiger charge is 2.30. The van der Waals surface area contributed by atoms with Crippen molar-refractivity contribution in [2.45, 2.75) is 38.0 Å². The van der Waals surface area contributed by atoms with E-state index in [2.05, 4.69) is 5.32 Å². The number of benzene rings is 1. The van der Waals surface area contributed by atoms with Crippen LogP contribution in [0.25, 0.3) is 0 Å². The first-order valence-corrected chi connectivity index (χ1v) is 9.08. The first kappa shape index (κ1) is 19.4. The summed E-state index contributed by atoms with van der Waals surface area (Å²) >= 11 is 0.